The molecule has 2 N–H and O–H groups in total. The highest BCUT2D eigenvalue weighted by molar-refractivity contribution is 7.91. The summed E-state index contributed by atoms with van der Waals surface area (Å²) in [4.78, 5) is 0.292. The Labute approximate surface area is 171 Å². The van der Waals surface area contributed by atoms with Gasteiger partial charge in [-0.05, 0) is 61.5 Å². The predicted molar refractivity (Wildman–Crippen MR) is 117 cm³/mol. The van der Waals surface area contributed by atoms with Gasteiger partial charge in [0.2, 0.25) is 9.84 Å². The Balaban J connectivity index is 1.70. The molecule has 0 fully saturated rings. The van der Waals surface area contributed by atoms with Crippen LogP contribution in [0.1, 0.15) is 25.3 Å². The molecule has 5 nitrogen and oxygen atoms in total. The Hall–Kier alpha value is -2.70. The number of sulfone groups is 1. The molecule has 1 aromatic heterocycles. The van der Waals surface area contributed by atoms with E-state index in [-0.39, 0.29) is 5.03 Å². The van der Waals surface area contributed by atoms with Gasteiger partial charge in [0.05, 0.1) is 10.4 Å². The van der Waals surface area contributed by atoms with Crippen LogP contribution in [0.25, 0.3) is 21.7 Å². The van der Waals surface area contributed by atoms with Crippen LogP contribution in [0.5, 0.6) is 0 Å². The smallest absolute Gasteiger partial charge is 0.226 e. The lowest BCUT2D eigenvalue weighted by Gasteiger charge is -2.07. The zero-order valence-electron chi connectivity index (χ0n) is 16.5. The van der Waals surface area contributed by atoms with Crippen LogP contribution in [-0.4, -0.2) is 31.7 Å². The van der Waals surface area contributed by atoms with Crippen molar-refractivity contribution in [2.45, 2.75) is 36.1 Å². The lowest BCUT2D eigenvalue weighted by Crippen LogP contribution is -2.13. The Bertz CT molecular complexity index is 1240. The third-order valence-electron chi connectivity index (χ3n) is 5.20. The van der Waals surface area contributed by atoms with Gasteiger partial charge in [-0.2, -0.15) is 5.10 Å². The van der Waals surface area contributed by atoms with Crippen LogP contribution in [0.4, 0.5) is 0 Å². The number of unbranched alkanes of at least 4 members (excludes halogenated alkanes) is 1. The van der Waals surface area contributed by atoms with E-state index in [9.17, 15) is 8.42 Å². The van der Waals surface area contributed by atoms with Crippen molar-refractivity contribution >= 4 is 31.5 Å². The van der Waals surface area contributed by atoms with Gasteiger partial charge in [0.15, 0.2) is 5.03 Å². The summed E-state index contributed by atoms with van der Waals surface area (Å²) in [5.74, 6) is 0. The molecule has 0 atom stereocenters. The van der Waals surface area contributed by atoms with Crippen molar-refractivity contribution in [3.8, 4) is 0 Å². The van der Waals surface area contributed by atoms with Crippen LogP contribution in [0.3, 0.4) is 0 Å². The molecule has 0 aliphatic heterocycles. The Morgan fingerprint density at radius 2 is 1.79 bits per heavy atom. The summed E-state index contributed by atoms with van der Waals surface area (Å²) < 4.78 is 27.0. The molecule has 0 bridgehead atoms. The van der Waals surface area contributed by atoms with E-state index in [1.54, 1.807) is 12.1 Å². The zero-order chi connectivity index (χ0) is 20.3. The van der Waals surface area contributed by atoms with Gasteiger partial charge in [-0.1, -0.05) is 49.4 Å². The van der Waals surface area contributed by atoms with E-state index in [1.165, 1.54) is 0 Å². The van der Waals surface area contributed by atoms with Crippen molar-refractivity contribution in [3.63, 3.8) is 0 Å². The number of fused-ring (bicyclic) bond motifs is 2. The maximum Gasteiger partial charge on any atom is 0.226 e. The molecule has 0 radical (unpaired) electrons. The van der Waals surface area contributed by atoms with Crippen molar-refractivity contribution < 1.29 is 8.42 Å². The van der Waals surface area contributed by atoms with E-state index < -0.39 is 9.84 Å². The first-order valence-electron chi connectivity index (χ1n) is 10.0. The van der Waals surface area contributed by atoms with Crippen LogP contribution < -0.4 is 5.32 Å². The van der Waals surface area contributed by atoms with Crippen molar-refractivity contribution in [3.05, 3.63) is 66.2 Å². The molecule has 1 heterocycles. The molecular weight excluding hydrogens is 382 g/mol. The van der Waals surface area contributed by atoms with Gasteiger partial charge in [-0.3, -0.25) is 5.10 Å². The number of hydrogen-bond donors (Lipinski definition) is 2. The number of H-pyrrole nitrogens is 1. The maximum atomic E-state index is 13.5. The number of aromatic nitrogens is 2. The van der Waals surface area contributed by atoms with Crippen LogP contribution in [0, 0.1) is 0 Å². The average Bonchev–Trinajstić information content (AvgIpc) is 3.17. The van der Waals surface area contributed by atoms with E-state index in [2.05, 4.69) is 22.4 Å². The lowest BCUT2D eigenvalue weighted by molar-refractivity contribution is 0.593. The molecule has 0 unspecified atom stereocenters. The highest BCUT2D eigenvalue weighted by Gasteiger charge is 2.25. The van der Waals surface area contributed by atoms with Gasteiger partial charge in [-0.15, -0.1) is 0 Å². The highest BCUT2D eigenvalue weighted by Crippen LogP contribution is 2.31. The van der Waals surface area contributed by atoms with Gasteiger partial charge in [0.1, 0.15) is 0 Å². The first kappa shape index (κ1) is 19.6. The highest BCUT2D eigenvalue weighted by atomic mass is 32.2. The summed E-state index contributed by atoms with van der Waals surface area (Å²) in [7, 11) is -3.75. The number of aromatic amines is 1. The number of nitrogens with one attached hydrogen (secondary N) is 2. The van der Waals surface area contributed by atoms with Gasteiger partial charge in [-0.25, -0.2) is 8.42 Å². The van der Waals surface area contributed by atoms with Crippen LogP contribution in [0.2, 0.25) is 0 Å². The second-order valence-electron chi connectivity index (χ2n) is 7.20. The molecule has 0 amide bonds. The summed E-state index contributed by atoms with van der Waals surface area (Å²) in [6, 6.07) is 18.8. The Morgan fingerprint density at radius 1 is 0.966 bits per heavy atom. The molecule has 0 spiro atoms. The number of rotatable bonds is 8. The topological polar surface area (TPSA) is 74.8 Å². The number of hydrogen-bond acceptors (Lipinski definition) is 4. The molecule has 4 aromatic rings. The summed E-state index contributed by atoms with van der Waals surface area (Å²) >= 11 is 0. The van der Waals surface area contributed by atoms with Crippen molar-refractivity contribution in [2.24, 2.45) is 0 Å². The predicted octanol–water partition coefficient (Wildman–Crippen LogP) is 4.48. The summed E-state index contributed by atoms with van der Waals surface area (Å²) in [5.41, 5.74) is 1.87. The molecule has 6 heteroatoms. The number of nitrogens with zero attached hydrogens (tertiary/aromatic N) is 1. The first-order valence-corrected chi connectivity index (χ1v) is 11.5. The standard InChI is InChI=1S/C23H25N3O2S/c1-2-24-15-6-5-8-17-13-14-21-20(16-17)23(26-25-21)29(27,28)22-12-7-10-18-9-3-4-11-19(18)22/h3-4,7,9-14,16,24H,2,5-6,8,15H2,1H3,(H,25,26). The largest absolute Gasteiger partial charge is 0.317 e. The van der Waals surface area contributed by atoms with Gasteiger partial charge < -0.3 is 5.32 Å². The minimum Gasteiger partial charge on any atom is -0.317 e. The summed E-state index contributed by atoms with van der Waals surface area (Å²) in [6.45, 7) is 4.09. The molecule has 4 rings (SSSR count). The lowest BCUT2D eigenvalue weighted by atomic mass is 10.1. The van der Waals surface area contributed by atoms with Crippen LogP contribution in [0.15, 0.2) is 70.6 Å². The van der Waals surface area contributed by atoms with Crippen molar-refractivity contribution in [1.82, 2.24) is 15.5 Å². The molecule has 0 saturated carbocycles. The minimum absolute atomic E-state index is 0.0957. The summed E-state index contributed by atoms with van der Waals surface area (Å²) in [5, 5.41) is 12.8. The third-order valence-corrected chi connectivity index (χ3v) is 6.96. The monoisotopic (exact) mass is 407 g/mol. The van der Waals surface area contributed by atoms with Gasteiger partial charge in [0.25, 0.3) is 0 Å². The molecular formula is C23H25N3O2S. The van der Waals surface area contributed by atoms with Gasteiger partial charge in [0, 0.05) is 10.8 Å². The van der Waals surface area contributed by atoms with E-state index in [4.69, 9.17) is 0 Å². The number of benzene rings is 3. The molecule has 0 saturated heterocycles. The minimum atomic E-state index is -3.75. The van der Waals surface area contributed by atoms with Crippen LogP contribution in [-0.2, 0) is 16.3 Å². The Kier molecular flexibility index (Phi) is 5.65. The summed E-state index contributed by atoms with van der Waals surface area (Å²) in [6.07, 6.45) is 3.07. The normalized spacial score (nSPS) is 12.0. The third kappa shape index (κ3) is 3.91. The molecule has 29 heavy (non-hydrogen) atoms. The Morgan fingerprint density at radius 3 is 2.66 bits per heavy atom. The fourth-order valence-corrected chi connectivity index (χ4v) is 5.25. The molecule has 0 aliphatic rings. The molecule has 0 aliphatic carbocycles. The SMILES string of the molecule is CCNCCCCc1ccc2[nH]nc(S(=O)(=O)c3cccc4ccccc34)c2c1. The maximum absolute atomic E-state index is 13.5. The molecule has 3 aromatic carbocycles. The van der Waals surface area contributed by atoms with Crippen LogP contribution >= 0.6 is 0 Å². The van der Waals surface area contributed by atoms with Crippen molar-refractivity contribution in [2.75, 3.05) is 13.1 Å². The van der Waals surface area contributed by atoms with E-state index >= 15 is 0 Å². The quantitative estimate of drug-likeness (QED) is 0.422. The van der Waals surface area contributed by atoms with E-state index in [0.717, 1.165) is 48.8 Å². The fourth-order valence-electron chi connectivity index (χ4n) is 3.69. The zero-order valence-corrected chi connectivity index (χ0v) is 17.3. The van der Waals surface area contributed by atoms with E-state index in [0.29, 0.717) is 15.7 Å². The number of aryl methyl sites for hydroxylation is 1. The van der Waals surface area contributed by atoms with E-state index in [1.807, 2.05) is 48.5 Å². The van der Waals surface area contributed by atoms with Gasteiger partial charge >= 0.3 is 0 Å². The second-order valence-corrected chi connectivity index (χ2v) is 9.03. The molecule has 150 valence electrons. The first-order chi connectivity index (χ1) is 14.1. The van der Waals surface area contributed by atoms with Crippen molar-refractivity contribution in [1.29, 1.82) is 0 Å². The average molecular weight is 408 g/mol. The fraction of sp³-hybridized carbons (Fsp3) is 0.261. The second kappa shape index (κ2) is 8.35.